The summed E-state index contributed by atoms with van der Waals surface area (Å²) in [6.07, 6.45) is 0. The Hall–Kier alpha value is -1.73. The number of hydrogen-bond donors (Lipinski definition) is 1. The molecule has 1 aliphatic rings. The molecule has 2 unspecified atom stereocenters. The van der Waals surface area contributed by atoms with Gasteiger partial charge in [-0.05, 0) is 19.1 Å². The van der Waals surface area contributed by atoms with Crippen LogP contribution in [0.25, 0.3) is 0 Å². The molecule has 1 aliphatic heterocycles. The standard InChI is InChI=1S/C16H21NO5S/c1-3-21-16(19)11(14(18)15-17-8-9-23-15)10-22-13-7-5-4-6-12(13)20-2/h4-7,11,15,17H,3,8-10H2,1-2H3. The Balaban J connectivity index is 2.07. The Kier molecular flexibility index (Phi) is 6.73. The maximum absolute atomic E-state index is 12.5. The Morgan fingerprint density at radius 2 is 2.09 bits per heavy atom. The minimum absolute atomic E-state index is 0.0726. The zero-order valence-corrected chi connectivity index (χ0v) is 14.1. The lowest BCUT2D eigenvalue weighted by Gasteiger charge is -2.19. The lowest BCUT2D eigenvalue weighted by atomic mass is 10.1. The van der Waals surface area contributed by atoms with Crippen molar-refractivity contribution < 1.29 is 23.8 Å². The molecule has 126 valence electrons. The molecule has 0 radical (unpaired) electrons. The van der Waals surface area contributed by atoms with Crippen LogP contribution < -0.4 is 14.8 Å². The molecule has 0 spiro atoms. The first-order chi connectivity index (χ1) is 11.2. The molecule has 6 nitrogen and oxygen atoms in total. The number of hydrogen-bond acceptors (Lipinski definition) is 7. The third-order valence-corrected chi connectivity index (χ3v) is 4.54. The van der Waals surface area contributed by atoms with E-state index in [-0.39, 0.29) is 24.4 Å². The molecule has 0 bridgehead atoms. The topological polar surface area (TPSA) is 73.9 Å². The molecule has 1 N–H and O–H groups in total. The van der Waals surface area contributed by atoms with Crippen molar-refractivity contribution in [2.45, 2.75) is 12.3 Å². The number of carbonyl (C=O) groups excluding carboxylic acids is 2. The molecule has 1 fully saturated rings. The summed E-state index contributed by atoms with van der Waals surface area (Å²) in [6.45, 7) is 2.62. The summed E-state index contributed by atoms with van der Waals surface area (Å²) < 4.78 is 15.9. The van der Waals surface area contributed by atoms with Gasteiger partial charge in [0.15, 0.2) is 23.2 Å². The van der Waals surface area contributed by atoms with Crippen LogP contribution >= 0.6 is 11.8 Å². The zero-order valence-electron chi connectivity index (χ0n) is 13.2. The van der Waals surface area contributed by atoms with Crippen molar-refractivity contribution in [1.29, 1.82) is 0 Å². The average molecular weight is 339 g/mol. The number of benzene rings is 1. The lowest BCUT2D eigenvalue weighted by Crippen LogP contribution is -2.41. The molecule has 0 aliphatic carbocycles. The smallest absolute Gasteiger partial charge is 0.320 e. The number of para-hydroxylation sites is 2. The van der Waals surface area contributed by atoms with Crippen LogP contribution in [0.15, 0.2) is 24.3 Å². The first-order valence-electron chi connectivity index (χ1n) is 7.48. The van der Waals surface area contributed by atoms with E-state index in [0.29, 0.717) is 11.5 Å². The molecule has 1 heterocycles. The second-order valence-corrected chi connectivity index (χ2v) is 6.09. The molecule has 2 atom stereocenters. The van der Waals surface area contributed by atoms with Crippen molar-refractivity contribution in [3.8, 4) is 11.5 Å². The largest absolute Gasteiger partial charge is 0.493 e. The number of ketones is 1. The number of thioether (sulfide) groups is 1. The van der Waals surface area contributed by atoms with E-state index < -0.39 is 11.9 Å². The molecule has 1 saturated heterocycles. The number of methoxy groups -OCH3 is 1. The van der Waals surface area contributed by atoms with Crippen LogP contribution in [0, 0.1) is 5.92 Å². The number of Topliss-reactive ketones (excluding diaryl/α,β-unsaturated/α-hetero) is 1. The Labute approximate surface area is 139 Å². The Morgan fingerprint density at radius 3 is 2.70 bits per heavy atom. The van der Waals surface area contributed by atoms with Crippen LogP contribution in [0.3, 0.4) is 0 Å². The summed E-state index contributed by atoms with van der Waals surface area (Å²) in [5, 5.41) is 2.70. The van der Waals surface area contributed by atoms with Gasteiger partial charge in [0, 0.05) is 12.3 Å². The van der Waals surface area contributed by atoms with Gasteiger partial charge in [0.25, 0.3) is 0 Å². The number of rotatable bonds is 8. The first-order valence-corrected chi connectivity index (χ1v) is 8.53. The van der Waals surface area contributed by atoms with E-state index in [0.717, 1.165) is 12.3 Å². The van der Waals surface area contributed by atoms with Gasteiger partial charge in [0.1, 0.15) is 12.0 Å². The van der Waals surface area contributed by atoms with Crippen LogP contribution in [0.4, 0.5) is 0 Å². The first kappa shape index (κ1) is 17.6. The highest BCUT2D eigenvalue weighted by Gasteiger charge is 2.36. The molecular weight excluding hydrogens is 318 g/mol. The van der Waals surface area contributed by atoms with Crippen molar-refractivity contribution in [2.24, 2.45) is 5.92 Å². The lowest BCUT2D eigenvalue weighted by molar-refractivity contribution is -0.152. The van der Waals surface area contributed by atoms with E-state index in [9.17, 15) is 9.59 Å². The second-order valence-electron chi connectivity index (χ2n) is 4.87. The van der Waals surface area contributed by atoms with Gasteiger partial charge in [-0.2, -0.15) is 0 Å². The monoisotopic (exact) mass is 339 g/mol. The summed E-state index contributed by atoms with van der Waals surface area (Å²) >= 11 is 1.49. The fourth-order valence-corrected chi connectivity index (χ4v) is 3.25. The minimum atomic E-state index is -0.956. The van der Waals surface area contributed by atoms with Gasteiger partial charge in [0.05, 0.1) is 13.7 Å². The van der Waals surface area contributed by atoms with Crippen LogP contribution in [-0.4, -0.2) is 49.7 Å². The van der Waals surface area contributed by atoms with Gasteiger partial charge in [-0.1, -0.05) is 12.1 Å². The maximum atomic E-state index is 12.5. The van der Waals surface area contributed by atoms with E-state index in [4.69, 9.17) is 14.2 Å². The fraction of sp³-hybridized carbons (Fsp3) is 0.500. The molecule has 0 saturated carbocycles. The highest BCUT2D eigenvalue weighted by atomic mass is 32.2. The highest BCUT2D eigenvalue weighted by molar-refractivity contribution is 8.00. The fourth-order valence-electron chi connectivity index (χ4n) is 2.21. The van der Waals surface area contributed by atoms with Gasteiger partial charge in [-0.15, -0.1) is 11.8 Å². The number of nitrogens with one attached hydrogen (secondary N) is 1. The van der Waals surface area contributed by atoms with Crippen molar-refractivity contribution >= 4 is 23.5 Å². The predicted molar refractivity (Wildman–Crippen MR) is 87.9 cm³/mol. The molecule has 1 aromatic carbocycles. The van der Waals surface area contributed by atoms with Crippen LogP contribution in [0.2, 0.25) is 0 Å². The summed E-state index contributed by atoms with van der Waals surface area (Å²) in [4.78, 5) is 24.7. The minimum Gasteiger partial charge on any atom is -0.493 e. The third kappa shape index (κ3) is 4.62. The molecule has 1 aromatic rings. The second kappa shape index (κ2) is 8.79. The SMILES string of the molecule is CCOC(=O)C(COc1ccccc1OC)C(=O)C1NCCS1. The Bertz CT molecular complexity index is 545. The predicted octanol–water partition coefficient (Wildman–Crippen LogP) is 1.48. The van der Waals surface area contributed by atoms with Gasteiger partial charge < -0.3 is 14.2 Å². The van der Waals surface area contributed by atoms with Crippen LogP contribution in [-0.2, 0) is 14.3 Å². The zero-order chi connectivity index (χ0) is 16.7. The van der Waals surface area contributed by atoms with E-state index >= 15 is 0 Å². The normalized spacial score (nSPS) is 18.3. The molecule has 7 heteroatoms. The number of ether oxygens (including phenoxy) is 3. The summed E-state index contributed by atoms with van der Waals surface area (Å²) in [7, 11) is 1.54. The highest BCUT2D eigenvalue weighted by Crippen LogP contribution is 2.27. The quantitative estimate of drug-likeness (QED) is 0.568. The van der Waals surface area contributed by atoms with Crippen molar-refractivity contribution in [2.75, 3.05) is 32.6 Å². The van der Waals surface area contributed by atoms with E-state index in [1.165, 1.54) is 18.9 Å². The van der Waals surface area contributed by atoms with Gasteiger partial charge in [0.2, 0.25) is 0 Å². The van der Waals surface area contributed by atoms with Crippen molar-refractivity contribution in [3.63, 3.8) is 0 Å². The summed E-state index contributed by atoms with van der Waals surface area (Å²) in [6, 6.07) is 7.10. The number of carbonyl (C=O) groups is 2. The maximum Gasteiger partial charge on any atom is 0.320 e. The van der Waals surface area contributed by atoms with E-state index in [2.05, 4.69) is 5.32 Å². The molecule has 0 amide bonds. The van der Waals surface area contributed by atoms with Crippen molar-refractivity contribution in [1.82, 2.24) is 5.32 Å². The van der Waals surface area contributed by atoms with Crippen molar-refractivity contribution in [3.05, 3.63) is 24.3 Å². The molecule has 2 rings (SSSR count). The van der Waals surface area contributed by atoms with Gasteiger partial charge >= 0.3 is 5.97 Å². The molecule has 23 heavy (non-hydrogen) atoms. The van der Waals surface area contributed by atoms with Crippen LogP contribution in [0.5, 0.6) is 11.5 Å². The van der Waals surface area contributed by atoms with E-state index in [1.807, 2.05) is 6.07 Å². The van der Waals surface area contributed by atoms with Gasteiger partial charge in [-0.25, -0.2) is 0 Å². The Morgan fingerprint density at radius 1 is 1.35 bits per heavy atom. The molecule has 0 aromatic heterocycles. The summed E-state index contributed by atoms with van der Waals surface area (Å²) in [5.41, 5.74) is 0. The average Bonchev–Trinajstić information content (AvgIpc) is 3.10. The van der Waals surface area contributed by atoms with E-state index in [1.54, 1.807) is 25.1 Å². The molecular formula is C16H21NO5S. The number of esters is 1. The third-order valence-electron chi connectivity index (χ3n) is 3.36. The summed E-state index contributed by atoms with van der Waals surface area (Å²) in [5.74, 6) is 0.171. The van der Waals surface area contributed by atoms with Crippen LogP contribution in [0.1, 0.15) is 6.92 Å². The van der Waals surface area contributed by atoms with Gasteiger partial charge in [-0.3, -0.25) is 14.9 Å².